The number of amides is 1. The van der Waals surface area contributed by atoms with Crippen LogP contribution >= 0.6 is 11.8 Å². The number of aliphatic imine (C=N–C) groups is 1. The normalized spacial score (nSPS) is 17.2. The van der Waals surface area contributed by atoms with Crippen LogP contribution in [0.5, 0.6) is 5.75 Å². The molecule has 152 valence electrons. The minimum atomic E-state index is 0.000922. The summed E-state index contributed by atoms with van der Waals surface area (Å²) in [5, 5.41) is 0.720. The molecule has 29 heavy (non-hydrogen) atoms. The van der Waals surface area contributed by atoms with Gasteiger partial charge in [0.25, 0.3) is 5.91 Å². The second kappa shape index (κ2) is 8.87. The number of carbonyl (C=O) groups is 1. The van der Waals surface area contributed by atoms with Gasteiger partial charge in [-0.3, -0.25) is 9.69 Å². The van der Waals surface area contributed by atoms with E-state index in [4.69, 9.17) is 9.73 Å². The smallest absolute Gasteiger partial charge is 0.266 e. The summed E-state index contributed by atoms with van der Waals surface area (Å²) < 4.78 is 5.55. The molecule has 0 unspecified atom stereocenters. The minimum absolute atomic E-state index is 0.000922. The molecule has 1 heterocycles. The van der Waals surface area contributed by atoms with Crippen LogP contribution in [0, 0.1) is 6.92 Å². The molecule has 0 spiro atoms. The summed E-state index contributed by atoms with van der Waals surface area (Å²) in [4.78, 5) is 20.3. The van der Waals surface area contributed by atoms with E-state index in [0.717, 1.165) is 33.3 Å². The van der Waals surface area contributed by atoms with Crippen LogP contribution in [0.25, 0.3) is 6.08 Å². The highest BCUT2D eigenvalue weighted by Gasteiger charge is 2.35. The lowest BCUT2D eigenvalue weighted by atomic mass is 9.96. The van der Waals surface area contributed by atoms with E-state index in [0.29, 0.717) is 10.8 Å². The lowest BCUT2D eigenvalue weighted by Gasteiger charge is -2.19. The third kappa shape index (κ3) is 4.56. The number of para-hydroxylation sites is 1. The number of ether oxygens (including phenoxy) is 1. The number of methoxy groups -OCH3 is 1. The monoisotopic (exact) mass is 408 g/mol. The van der Waals surface area contributed by atoms with E-state index in [1.807, 2.05) is 63.2 Å². The van der Waals surface area contributed by atoms with Crippen molar-refractivity contribution in [1.82, 2.24) is 4.90 Å². The lowest BCUT2D eigenvalue weighted by molar-refractivity contribution is -0.123. The predicted molar refractivity (Wildman–Crippen MR) is 123 cm³/mol. The molecule has 1 aliphatic rings. The van der Waals surface area contributed by atoms with Gasteiger partial charge in [0.05, 0.1) is 17.7 Å². The molecule has 3 rings (SSSR count). The number of carbonyl (C=O) groups excluding carboxylic acids is 1. The zero-order valence-electron chi connectivity index (χ0n) is 17.9. The largest absolute Gasteiger partial charge is 0.496 e. The third-order valence-corrected chi connectivity index (χ3v) is 5.84. The zero-order valence-corrected chi connectivity index (χ0v) is 18.7. The summed E-state index contributed by atoms with van der Waals surface area (Å²) in [5.41, 5.74) is 4.10. The fourth-order valence-corrected chi connectivity index (χ4v) is 4.38. The van der Waals surface area contributed by atoms with Gasteiger partial charge in [0.1, 0.15) is 5.75 Å². The second-order valence-electron chi connectivity index (χ2n) is 7.71. The number of hydrogen-bond donors (Lipinski definition) is 0. The highest BCUT2D eigenvalue weighted by molar-refractivity contribution is 8.18. The molecule has 4 nitrogen and oxygen atoms in total. The molecule has 2 aromatic rings. The quantitative estimate of drug-likeness (QED) is 0.558. The van der Waals surface area contributed by atoms with E-state index in [1.165, 1.54) is 11.8 Å². The summed E-state index contributed by atoms with van der Waals surface area (Å²) in [7, 11) is 1.70. The molecule has 1 fully saturated rings. The van der Waals surface area contributed by atoms with Crippen LogP contribution in [0.3, 0.4) is 0 Å². The Morgan fingerprint density at radius 2 is 1.79 bits per heavy atom. The first kappa shape index (κ1) is 21.2. The molecular formula is C24H28N2O2S. The van der Waals surface area contributed by atoms with Gasteiger partial charge in [0.15, 0.2) is 5.17 Å². The van der Waals surface area contributed by atoms with E-state index < -0.39 is 0 Å². The van der Waals surface area contributed by atoms with Crippen molar-refractivity contribution in [2.75, 3.05) is 7.11 Å². The molecule has 0 bridgehead atoms. The van der Waals surface area contributed by atoms with Gasteiger partial charge in [0.2, 0.25) is 0 Å². The highest BCUT2D eigenvalue weighted by atomic mass is 32.2. The maximum absolute atomic E-state index is 13.1. The Balaban J connectivity index is 2.03. The Hall–Kier alpha value is -2.53. The molecule has 0 aromatic heterocycles. The first-order chi connectivity index (χ1) is 13.8. The SMILES string of the molecule is COc1cc(C)c(C=C2SC(=Nc3ccccc3)N(C(C)C)C2=O)cc1C(C)C. The first-order valence-corrected chi connectivity index (χ1v) is 10.7. The zero-order chi connectivity index (χ0) is 21.1. The van der Waals surface area contributed by atoms with Crippen molar-refractivity contribution < 1.29 is 9.53 Å². The van der Waals surface area contributed by atoms with Crippen molar-refractivity contribution in [3.8, 4) is 5.75 Å². The Labute approximate surface area is 177 Å². The summed E-state index contributed by atoms with van der Waals surface area (Å²) in [6.07, 6.45) is 1.98. The van der Waals surface area contributed by atoms with Gasteiger partial charge in [-0.2, -0.15) is 0 Å². The Morgan fingerprint density at radius 1 is 1.10 bits per heavy atom. The lowest BCUT2D eigenvalue weighted by Crippen LogP contribution is -2.35. The summed E-state index contributed by atoms with van der Waals surface area (Å²) >= 11 is 1.43. The van der Waals surface area contributed by atoms with Gasteiger partial charge in [-0.1, -0.05) is 32.0 Å². The van der Waals surface area contributed by atoms with Crippen molar-refractivity contribution in [2.24, 2.45) is 4.99 Å². The van der Waals surface area contributed by atoms with Gasteiger partial charge in [-0.15, -0.1) is 0 Å². The third-order valence-electron chi connectivity index (χ3n) is 4.86. The summed E-state index contributed by atoms with van der Waals surface area (Å²) in [6.45, 7) is 10.4. The van der Waals surface area contributed by atoms with Crippen LogP contribution < -0.4 is 4.74 Å². The first-order valence-electron chi connectivity index (χ1n) is 9.87. The molecule has 1 amide bonds. The van der Waals surface area contributed by atoms with Gasteiger partial charge in [-0.05, 0) is 85.5 Å². The molecule has 2 aromatic carbocycles. The van der Waals surface area contributed by atoms with Gasteiger partial charge < -0.3 is 4.74 Å². The maximum Gasteiger partial charge on any atom is 0.266 e. The van der Waals surface area contributed by atoms with Crippen LogP contribution in [0.2, 0.25) is 0 Å². The molecule has 0 aliphatic carbocycles. The Bertz CT molecular complexity index is 962. The molecule has 0 N–H and O–H groups in total. The van der Waals surface area contributed by atoms with E-state index in [1.54, 1.807) is 12.0 Å². The van der Waals surface area contributed by atoms with E-state index in [-0.39, 0.29) is 11.9 Å². The number of thioether (sulfide) groups is 1. The van der Waals surface area contributed by atoms with Crippen molar-refractivity contribution in [3.05, 3.63) is 64.1 Å². The molecule has 1 aliphatic heterocycles. The van der Waals surface area contributed by atoms with Crippen molar-refractivity contribution in [1.29, 1.82) is 0 Å². The number of aryl methyl sites for hydroxylation is 1. The van der Waals surface area contributed by atoms with Crippen LogP contribution in [0.1, 0.15) is 50.3 Å². The standard InChI is InChI=1S/C24H28N2O2S/c1-15(2)20-13-18(17(5)12-21(20)28-6)14-22-23(27)26(16(3)4)24(29-22)25-19-10-8-7-9-11-19/h7-16H,1-6H3. The van der Waals surface area contributed by atoms with E-state index in [9.17, 15) is 4.79 Å². The number of nitrogens with zero attached hydrogens (tertiary/aromatic N) is 2. The number of rotatable bonds is 5. The van der Waals surface area contributed by atoms with E-state index in [2.05, 4.69) is 19.9 Å². The van der Waals surface area contributed by atoms with Crippen molar-refractivity contribution in [2.45, 2.75) is 46.6 Å². The Kier molecular flexibility index (Phi) is 6.48. The average Bonchev–Trinajstić information content (AvgIpc) is 2.98. The van der Waals surface area contributed by atoms with Gasteiger partial charge in [-0.25, -0.2) is 4.99 Å². The minimum Gasteiger partial charge on any atom is -0.496 e. The summed E-state index contributed by atoms with van der Waals surface area (Å²) in [6, 6.07) is 14.0. The second-order valence-corrected chi connectivity index (χ2v) is 8.72. The fourth-order valence-electron chi connectivity index (χ4n) is 3.27. The molecular weight excluding hydrogens is 380 g/mol. The number of hydrogen-bond acceptors (Lipinski definition) is 4. The molecule has 0 saturated carbocycles. The molecule has 0 radical (unpaired) electrons. The number of benzene rings is 2. The van der Waals surface area contributed by atoms with Gasteiger partial charge in [0, 0.05) is 6.04 Å². The highest BCUT2D eigenvalue weighted by Crippen LogP contribution is 2.37. The molecule has 1 saturated heterocycles. The summed E-state index contributed by atoms with van der Waals surface area (Å²) in [5.74, 6) is 1.22. The van der Waals surface area contributed by atoms with E-state index >= 15 is 0 Å². The number of amidine groups is 1. The predicted octanol–water partition coefficient (Wildman–Crippen LogP) is 6.14. The van der Waals surface area contributed by atoms with Crippen LogP contribution in [0.4, 0.5) is 5.69 Å². The topological polar surface area (TPSA) is 41.9 Å². The van der Waals surface area contributed by atoms with Crippen LogP contribution in [-0.4, -0.2) is 29.1 Å². The Morgan fingerprint density at radius 3 is 2.38 bits per heavy atom. The fraction of sp³-hybridized carbons (Fsp3) is 0.333. The van der Waals surface area contributed by atoms with Crippen LogP contribution in [0.15, 0.2) is 52.4 Å². The molecule has 0 atom stereocenters. The average molecular weight is 409 g/mol. The van der Waals surface area contributed by atoms with Gasteiger partial charge >= 0.3 is 0 Å². The van der Waals surface area contributed by atoms with Crippen LogP contribution in [-0.2, 0) is 4.79 Å². The van der Waals surface area contributed by atoms with Crippen molar-refractivity contribution in [3.63, 3.8) is 0 Å². The van der Waals surface area contributed by atoms with Crippen molar-refractivity contribution >= 4 is 34.6 Å². The maximum atomic E-state index is 13.1. The molecule has 5 heteroatoms.